The molecule has 1 amide bonds. The molecule has 3 aromatic rings. The second kappa shape index (κ2) is 7.28. The molecule has 2 aromatic carbocycles. The Labute approximate surface area is 155 Å². The fourth-order valence-corrected chi connectivity index (χ4v) is 3.15. The molecule has 0 aliphatic carbocycles. The average Bonchev–Trinajstić information content (AvgIpc) is 2.60. The Kier molecular flexibility index (Phi) is 5.08. The second-order valence-electron chi connectivity index (χ2n) is 7.83. The van der Waals surface area contributed by atoms with Crippen molar-refractivity contribution in [2.75, 3.05) is 0 Å². The maximum absolute atomic E-state index is 11.8. The molecule has 26 heavy (non-hydrogen) atoms. The van der Waals surface area contributed by atoms with Gasteiger partial charge in [-0.2, -0.15) is 0 Å². The number of benzene rings is 2. The number of carbonyl (C=O) groups excluding carboxylic acids is 1. The molecule has 1 atom stereocenters. The predicted molar refractivity (Wildman–Crippen MR) is 107 cm³/mol. The highest BCUT2D eigenvalue weighted by atomic mass is 16.1. The van der Waals surface area contributed by atoms with Gasteiger partial charge in [-0.15, -0.1) is 0 Å². The summed E-state index contributed by atoms with van der Waals surface area (Å²) in [6.45, 7) is 8.16. The molecule has 0 bridgehead atoms. The lowest BCUT2D eigenvalue weighted by atomic mass is 9.85. The summed E-state index contributed by atoms with van der Waals surface area (Å²) >= 11 is 0. The second-order valence-corrected chi connectivity index (χ2v) is 7.83. The van der Waals surface area contributed by atoms with E-state index in [9.17, 15) is 4.79 Å². The third kappa shape index (κ3) is 4.29. The molecule has 3 nitrogen and oxygen atoms in total. The standard InChI is InChI=1S/C23H26N2O/c1-16(26)24-22(18-9-7-10-19(14-18)23(2,3)4)15-20-13-12-17-8-5-6-11-21(17)25-20/h5-14,22H,15H2,1-4H3,(H,24,26). The maximum atomic E-state index is 11.8. The molecule has 0 radical (unpaired) electrons. The van der Waals surface area contributed by atoms with Gasteiger partial charge in [-0.25, -0.2) is 0 Å². The molecule has 0 aliphatic heterocycles. The summed E-state index contributed by atoms with van der Waals surface area (Å²) in [5.74, 6) is -0.0306. The minimum Gasteiger partial charge on any atom is -0.349 e. The summed E-state index contributed by atoms with van der Waals surface area (Å²) < 4.78 is 0. The molecule has 0 aliphatic rings. The quantitative estimate of drug-likeness (QED) is 0.726. The molecule has 0 saturated heterocycles. The Morgan fingerprint density at radius 3 is 2.54 bits per heavy atom. The monoisotopic (exact) mass is 346 g/mol. The van der Waals surface area contributed by atoms with Gasteiger partial charge in [0.1, 0.15) is 0 Å². The molecule has 1 heterocycles. The van der Waals surface area contributed by atoms with E-state index < -0.39 is 0 Å². The highest BCUT2D eigenvalue weighted by Gasteiger charge is 2.19. The summed E-state index contributed by atoms with van der Waals surface area (Å²) in [7, 11) is 0. The van der Waals surface area contributed by atoms with Gasteiger partial charge in [0.2, 0.25) is 5.91 Å². The Morgan fingerprint density at radius 1 is 1.04 bits per heavy atom. The van der Waals surface area contributed by atoms with E-state index in [1.54, 1.807) is 6.92 Å². The number of fused-ring (bicyclic) bond motifs is 1. The first-order valence-electron chi connectivity index (χ1n) is 9.05. The smallest absolute Gasteiger partial charge is 0.217 e. The van der Waals surface area contributed by atoms with Crippen LogP contribution in [0, 0.1) is 0 Å². The number of pyridine rings is 1. The molecule has 1 N–H and O–H groups in total. The van der Waals surface area contributed by atoms with Gasteiger partial charge < -0.3 is 5.32 Å². The summed E-state index contributed by atoms with van der Waals surface area (Å²) in [5.41, 5.74) is 4.40. The molecule has 1 unspecified atom stereocenters. The minimum absolute atomic E-state index is 0.0306. The van der Waals surface area contributed by atoms with Crippen molar-refractivity contribution in [2.24, 2.45) is 0 Å². The van der Waals surface area contributed by atoms with Crippen LogP contribution in [0.15, 0.2) is 60.7 Å². The van der Waals surface area contributed by atoms with Crippen molar-refractivity contribution in [3.8, 4) is 0 Å². The fourth-order valence-electron chi connectivity index (χ4n) is 3.15. The number of rotatable bonds is 4. The van der Waals surface area contributed by atoms with E-state index >= 15 is 0 Å². The summed E-state index contributed by atoms with van der Waals surface area (Å²) in [4.78, 5) is 16.5. The van der Waals surface area contributed by atoms with Crippen molar-refractivity contribution in [3.63, 3.8) is 0 Å². The van der Waals surface area contributed by atoms with Crippen molar-refractivity contribution in [1.82, 2.24) is 10.3 Å². The number of aromatic nitrogens is 1. The van der Waals surface area contributed by atoms with Crippen LogP contribution in [0.5, 0.6) is 0 Å². The summed E-state index contributed by atoms with van der Waals surface area (Å²) in [5, 5.41) is 4.22. The summed E-state index contributed by atoms with van der Waals surface area (Å²) in [6.07, 6.45) is 0.665. The van der Waals surface area contributed by atoms with E-state index in [1.807, 2.05) is 24.3 Å². The largest absolute Gasteiger partial charge is 0.349 e. The van der Waals surface area contributed by atoms with Crippen LogP contribution < -0.4 is 5.32 Å². The number of carbonyl (C=O) groups is 1. The number of amides is 1. The van der Waals surface area contributed by atoms with Gasteiger partial charge in [0.25, 0.3) is 0 Å². The molecular formula is C23H26N2O. The van der Waals surface area contributed by atoms with E-state index in [1.165, 1.54) is 5.56 Å². The highest BCUT2D eigenvalue weighted by molar-refractivity contribution is 5.78. The van der Waals surface area contributed by atoms with Crippen LogP contribution in [0.4, 0.5) is 0 Å². The van der Waals surface area contributed by atoms with Crippen LogP contribution in [0.25, 0.3) is 10.9 Å². The van der Waals surface area contributed by atoms with Crippen molar-refractivity contribution in [1.29, 1.82) is 0 Å². The molecule has 1 aromatic heterocycles. The van der Waals surface area contributed by atoms with Crippen molar-refractivity contribution >= 4 is 16.8 Å². The van der Waals surface area contributed by atoms with Gasteiger partial charge in [0.05, 0.1) is 11.6 Å². The van der Waals surface area contributed by atoms with E-state index in [4.69, 9.17) is 4.98 Å². The zero-order valence-electron chi connectivity index (χ0n) is 15.9. The third-order valence-corrected chi connectivity index (χ3v) is 4.60. The van der Waals surface area contributed by atoms with Gasteiger partial charge in [-0.3, -0.25) is 9.78 Å². The maximum Gasteiger partial charge on any atom is 0.217 e. The topological polar surface area (TPSA) is 42.0 Å². The van der Waals surface area contributed by atoms with Gasteiger partial charge in [-0.05, 0) is 28.7 Å². The zero-order valence-corrected chi connectivity index (χ0v) is 15.9. The Morgan fingerprint density at radius 2 is 1.81 bits per heavy atom. The van der Waals surface area contributed by atoms with Crippen LogP contribution in [0.1, 0.15) is 50.6 Å². The third-order valence-electron chi connectivity index (χ3n) is 4.60. The zero-order chi connectivity index (χ0) is 18.7. The van der Waals surface area contributed by atoms with Crippen LogP contribution >= 0.6 is 0 Å². The lowest BCUT2D eigenvalue weighted by Gasteiger charge is -2.23. The molecule has 0 spiro atoms. The van der Waals surface area contributed by atoms with Crippen molar-refractivity contribution in [3.05, 3.63) is 77.5 Å². The number of nitrogens with zero attached hydrogens (tertiary/aromatic N) is 1. The first-order valence-corrected chi connectivity index (χ1v) is 9.05. The number of nitrogens with one attached hydrogen (secondary N) is 1. The normalized spacial score (nSPS) is 12.8. The fraction of sp³-hybridized carbons (Fsp3) is 0.304. The van der Waals surface area contributed by atoms with E-state index in [0.717, 1.165) is 22.2 Å². The van der Waals surface area contributed by atoms with Gasteiger partial charge in [0.15, 0.2) is 0 Å². The predicted octanol–water partition coefficient (Wildman–Crippen LogP) is 4.95. The first kappa shape index (κ1) is 18.1. The van der Waals surface area contributed by atoms with E-state index in [0.29, 0.717) is 6.42 Å². The minimum atomic E-state index is -0.0940. The van der Waals surface area contributed by atoms with E-state index in [-0.39, 0.29) is 17.4 Å². The molecular weight excluding hydrogens is 320 g/mol. The lowest BCUT2D eigenvalue weighted by molar-refractivity contribution is -0.119. The Balaban J connectivity index is 1.94. The van der Waals surface area contributed by atoms with E-state index in [2.05, 4.69) is 62.5 Å². The Hall–Kier alpha value is -2.68. The van der Waals surface area contributed by atoms with Crippen LogP contribution in [-0.4, -0.2) is 10.9 Å². The van der Waals surface area contributed by atoms with Crippen molar-refractivity contribution < 1.29 is 4.79 Å². The Bertz CT molecular complexity index is 925. The van der Waals surface area contributed by atoms with Gasteiger partial charge in [-0.1, -0.05) is 69.3 Å². The average molecular weight is 346 g/mol. The molecule has 0 fully saturated rings. The molecule has 134 valence electrons. The first-order chi connectivity index (χ1) is 12.3. The number of hydrogen-bond acceptors (Lipinski definition) is 2. The molecule has 3 heteroatoms. The van der Waals surface area contributed by atoms with Gasteiger partial charge in [0, 0.05) is 24.4 Å². The molecule has 3 rings (SSSR count). The molecule has 0 saturated carbocycles. The number of para-hydroxylation sites is 1. The van der Waals surface area contributed by atoms with Crippen LogP contribution in [-0.2, 0) is 16.6 Å². The lowest BCUT2D eigenvalue weighted by Crippen LogP contribution is -2.28. The van der Waals surface area contributed by atoms with Crippen LogP contribution in [0.3, 0.4) is 0 Å². The highest BCUT2D eigenvalue weighted by Crippen LogP contribution is 2.26. The van der Waals surface area contributed by atoms with Crippen molar-refractivity contribution in [2.45, 2.75) is 45.6 Å². The summed E-state index contributed by atoms with van der Waals surface area (Å²) in [6, 6.07) is 20.6. The number of hydrogen-bond donors (Lipinski definition) is 1. The van der Waals surface area contributed by atoms with Gasteiger partial charge >= 0.3 is 0 Å². The SMILES string of the molecule is CC(=O)NC(Cc1ccc2ccccc2n1)c1cccc(C(C)(C)C)c1. The van der Waals surface area contributed by atoms with Crippen LogP contribution in [0.2, 0.25) is 0 Å².